The van der Waals surface area contributed by atoms with Crippen LogP contribution < -0.4 is 0 Å². The second-order valence-electron chi connectivity index (χ2n) is 5.07. The molecule has 0 unspecified atom stereocenters. The number of carboxylic acid groups (broad SMARTS) is 3. The van der Waals surface area contributed by atoms with E-state index in [2.05, 4.69) is 0 Å². The molecule has 3 aromatic rings. The molecule has 6 nitrogen and oxygen atoms in total. The number of carboxylic acids is 3. The Morgan fingerprint density at radius 3 is 1.52 bits per heavy atom. The average molecular weight is 310 g/mol. The molecule has 3 aromatic carbocycles. The van der Waals surface area contributed by atoms with Gasteiger partial charge in [-0.1, -0.05) is 6.07 Å². The van der Waals surface area contributed by atoms with E-state index >= 15 is 0 Å². The van der Waals surface area contributed by atoms with E-state index < -0.39 is 17.9 Å². The first kappa shape index (κ1) is 14.5. The van der Waals surface area contributed by atoms with Crippen LogP contribution in [0.2, 0.25) is 0 Å². The molecule has 0 heterocycles. The molecule has 0 saturated heterocycles. The zero-order chi connectivity index (χ0) is 16.7. The van der Waals surface area contributed by atoms with Gasteiger partial charge in [0.05, 0.1) is 16.7 Å². The molecule has 114 valence electrons. The molecule has 0 saturated carbocycles. The molecular weight excluding hydrogens is 300 g/mol. The Morgan fingerprint density at radius 2 is 1.04 bits per heavy atom. The summed E-state index contributed by atoms with van der Waals surface area (Å²) in [6, 6.07) is 10.5. The lowest BCUT2D eigenvalue weighted by atomic mass is 9.97. The van der Waals surface area contributed by atoms with Crippen molar-refractivity contribution in [3.63, 3.8) is 0 Å². The van der Waals surface area contributed by atoms with E-state index in [1.54, 1.807) is 18.2 Å². The number of rotatable bonds is 3. The summed E-state index contributed by atoms with van der Waals surface area (Å²) < 4.78 is 0. The summed E-state index contributed by atoms with van der Waals surface area (Å²) in [4.78, 5) is 33.5. The van der Waals surface area contributed by atoms with Crippen molar-refractivity contribution >= 4 is 39.5 Å². The molecule has 3 N–H and O–H groups in total. The number of carbonyl (C=O) groups is 3. The topological polar surface area (TPSA) is 112 Å². The van der Waals surface area contributed by atoms with Gasteiger partial charge in [0, 0.05) is 0 Å². The van der Waals surface area contributed by atoms with Gasteiger partial charge in [0.15, 0.2) is 0 Å². The molecule has 0 radical (unpaired) electrons. The van der Waals surface area contributed by atoms with Crippen LogP contribution in [0.1, 0.15) is 31.1 Å². The van der Waals surface area contributed by atoms with Crippen molar-refractivity contribution < 1.29 is 29.7 Å². The second-order valence-corrected chi connectivity index (χ2v) is 5.07. The summed E-state index contributed by atoms with van der Waals surface area (Å²) in [6.45, 7) is 0. The van der Waals surface area contributed by atoms with Crippen LogP contribution in [0.5, 0.6) is 0 Å². The smallest absolute Gasteiger partial charge is 0.336 e. The minimum atomic E-state index is -1.33. The zero-order valence-electron chi connectivity index (χ0n) is 11.6. The Labute approximate surface area is 129 Å². The van der Waals surface area contributed by atoms with E-state index in [-0.39, 0.29) is 16.7 Å². The van der Waals surface area contributed by atoms with Gasteiger partial charge in [-0.3, -0.25) is 0 Å². The van der Waals surface area contributed by atoms with E-state index in [0.29, 0.717) is 16.2 Å². The van der Waals surface area contributed by atoms with Crippen molar-refractivity contribution in [2.24, 2.45) is 0 Å². The number of fused-ring (bicyclic) bond motifs is 2. The fraction of sp³-hybridized carbons (Fsp3) is 0. The minimum absolute atomic E-state index is 0.123. The van der Waals surface area contributed by atoms with Crippen LogP contribution >= 0.6 is 0 Å². The molecule has 0 spiro atoms. The Hall–Kier alpha value is -3.41. The Morgan fingerprint density at radius 1 is 0.565 bits per heavy atom. The van der Waals surface area contributed by atoms with E-state index in [9.17, 15) is 14.4 Å². The molecule has 0 aliphatic carbocycles. The van der Waals surface area contributed by atoms with Gasteiger partial charge in [-0.2, -0.15) is 0 Å². The van der Waals surface area contributed by atoms with Gasteiger partial charge < -0.3 is 15.3 Å². The van der Waals surface area contributed by atoms with Gasteiger partial charge in [0.2, 0.25) is 0 Å². The number of hydrogen-bond acceptors (Lipinski definition) is 3. The monoisotopic (exact) mass is 310 g/mol. The molecule has 0 amide bonds. The van der Waals surface area contributed by atoms with E-state index in [1.165, 1.54) is 24.3 Å². The van der Waals surface area contributed by atoms with Gasteiger partial charge in [-0.15, -0.1) is 0 Å². The number of benzene rings is 3. The molecule has 0 fully saturated rings. The first-order valence-electron chi connectivity index (χ1n) is 6.58. The molecule has 6 heteroatoms. The molecule has 0 bridgehead atoms. The fourth-order valence-electron chi connectivity index (χ4n) is 2.54. The zero-order valence-corrected chi connectivity index (χ0v) is 11.6. The van der Waals surface area contributed by atoms with Crippen LogP contribution in [0.4, 0.5) is 0 Å². The fourth-order valence-corrected chi connectivity index (χ4v) is 2.54. The summed E-state index contributed by atoms with van der Waals surface area (Å²) in [5, 5.41) is 29.8. The molecule has 3 rings (SSSR count). The maximum absolute atomic E-state index is 11.2. The van der Waals surface area contributed by atoms with Gasteiger partial charge >= 0.3 is 17.9 Å². The van der Waals surface area contributed by atoms with Crippen molar-refractivity contribution in [3.05, 3.63) is 59.2 Å². The van der Waals surface area contributed by atoms with Gasteiger partial charge in [-0.25, -0.2) is 14.4 Å². The SMILES string of the molecule is O=C(O)c1ccc2cc3cc(C(=O)O)c(C(=O)O)cc3cc2c1. The molecule has 0 aromatic heterocycles. The minimum Gasteiger partial charge on any atom is -0.478 e. The quantitative estimate of drug-likeness (QED) is 0.641. The highest BCUT2D eigenvalue weighted by Crippen LogP contribution is 2.27. The van der Waals surface area contributed by atoms with Crippen LogP contribution in [0.25, 0.3) is 21.5 Å². The third-order valence-electron chi connectivity index (χ3n) is 3.64. The average Bonchev–Trinajstić information content (AvgIpc) is 2.50. The molecule has 0 aliphatic rings. The second kappa shape index (κ2) is 5.10. The largest absolute Gasteiger partial charge is 0.478 e. The van der Waals surface area contributed by atoms with Crippen LogP contribution in [-0.4, -0.2) is 33.2 Å². The summed E-state index contributed by atoms with van der Waals surface area (Å²) >= 11 is 0. The van der Waals surface area contributed by atoms with E-state index in [0.717, 1.165) is 5.39 Å². The maximum Gasteiger partial charge on any atom is 0.336 e. The summed E-state index contributed by atoms with van der Waals surface area (Å²) in [5.41, 5.74) is -0.470. The van der Waals surface area contributed by atoms with E-state index in [4.69, 9.17) is 15.3 Å². The van der Waals surface area contributed by atoms with Crippen molar-refractivity contribution in [1.82, 2.24) is 0 Å². The Kier molecular flexibility index (Phi) is 3.22. The first-order chi connectivity index (χ1) is 10.9. The lowest BCUT2D eigenvalue weighted by Gasteiger charge is -2.07. The van der Waals surface area contributed by atoms with Crippen LogP contribution in [0.3, 0.4) is 0 Å². The molecular formula is C17H10O6. The molecule has 0 aliphatic heterocycles. The molecule has 0 atom stereocenters. The first-order valence-corrected chi connectivity index (χ1v) is 6.58. The standard InChI is InChI=1S/C17H10O6/c18-15(19)9-2-1-8-3-11-6-13(16(20)21)14(17(22)23)7-12(11)5-10(8)4-9/h1-7H,(H,18,19)(H,20,21)(H,22,23). The lowest BCUT2D eigenvalue weighted by Crippen LogP contribution is -2.07. The summed E-state index contributed by atoms with van der Waals surface area (Å²) in [6.07, 6.45) is 0. The summed E-state index contributed by atoms with van der Waals surface area (Å²) in [7, 11) is 0. The van der Waals surface area contributed by atoms with Gasteiger partial charge in [0.1, 0.15) is 0 Å². The lowest BCUT2D eigenvalue weighted by molar-refractivity contribution is 0.0652. The van der Waals surface area contributed by atoms with Crippen molar-refractivity contribution in [1.29, 1.82) is 0 Å². The maximum atomic E-state index is 11.2. The molecule has 23 heavy (non-hydrogen) atoms. The van der Waals surface area contributed by atoms with Crippen molar-refractivity contribution in [2.45, 2.75) is 0 Å². The van der Waals surface area contributed by atoms with Crippen molar-refractivity contribution in [2.75, 3.05) is 0 Å². The Bertz CT molecular complexity index is 1000. The normalized spacial score (nSPS) is 10.8. The van der Waals surface area contributed by atoms with Crippen LogP contribution in [-0.2, 0) is 0 Å². The highest BCUT2D eigenvalue weighted by Gasteiger charge is 2.17. The highest BCUT2D eigenvalue weighted by atomic mass is 16.4. The summed E-state index contributed by atoms with van der Waals surface area (Å²) in [5.74, 6) is -3.70. The predicted molar refractivity (Wildman–Crippen MR) is 82.3 cm³/mol. The number of aromatic carboxylic acids is 3. The third-order valence-corrected chi connectivity index (χ3v) is 3.64. The van der Waals surface area contributed by atoms with Crippen LogP contribution in [0, 0.1) is 0 Å². The van der Waals surface area contributed by atoms with Crippen molar-refractivity contribution in [3.8, 4) is 0 Å². The highest BCUT2D eigenvalue weighted by molar-refractivity contribution is 6.09. The van der Waals surface area contributed by atoms with Gasteiger partial charge in [0.25, 0.3) is 0 Å². The van der Waals surface area contributed by atoms with E-state index in [1.807, 2.05) is 0 Å². The third kappa shape index (κ3) is 2.46. The predicted octanol–water partition coefficient (Wildman–Crippen LogP) is 3.09. The van der Waals surface area contributed by atoms with Gasteiger partial charge in [-0.05, 0) is 57.9 Å². The van der Waals surface area contributed by atoms with Crippen LogP contribution in [0.15, 0.2) is 42.5 Å². The number of hydrogen-bond donors (Lipinski definition) is 3. The Balaban J connectivity index is 2.35.